The van der Waals surface area contributed by atoms with Crippen molar-refractivity contribution in [2.75, 3.05) is 13.1 Å². The number of amides is 1. The topological polar surface area (TPSA) is 55.6 Å². The van der Waals surface area contributed by atoms with Gasteiger partial charge in [-0.2, -0.15) is 0 Å². The molecule has 1 amide bonds. The van der Waals surface area contributed by atoms with E-state index in [1.54, 1.807) is 0 Å². The van der Waals surface area contributed by atoms with E-state index in [0.717, 1.165) is 25.4 Å². The molecule has 4 nitrogen and oxygen atoms in total. The fraction of sp³-hybridized carbons (Fsp3) is 0.562. The van der Waals surface area contributed by atoms with E-state index in [-0.39, 0.29) is 17.9 Å². The molecular weight excluding hydrogens is 252 g/mol. The number of ether oxygens (including phenoxy) is 1. The molecule has 0 saturated carbocycles. The molecule has 110 valence electrons. The number of rotatable bonds is 5. The largest absolute Gasteiger partial charge is 0.491 e. The first-order chi connectivity index (χ1) is 9.47. The van der Waals surface area contributed by atoms with Crippen LogP contribution in [0.25, 0.3) is 0 Å². The zero-order chi connectivity index (χ0) is 14.7. The standard InChI is InChI=1S/C16H24N2O2/c1-11(2)20-15-7-5-4-6-13(15)9-18-8-12(3)14(10-18)16(17)19/h4-7,11-12,14H,8-10H2,1-3H3,(H2,17,19)/t12-,14-/m1/s1. The maximum atomic E-state index is 11.4. The van der Waals surface area contributed by atoms with E-state index in [0.29, 0.717) is 5.92 Å². The monoisotopic (exact) mass is 276 g/mol. The summed E-state index contributed by atoms with van der Waals surface area (Å²) in [6.45, 7) is 8.59. The first kappa shape index (κ1) is 14.9. The van der Waals surface area contributed by atoms with Crippen molar-refractivity contribution >= 4 is 5.91 Å². The third kappa shape index (κ3) is 3.51. The number of likely N-dealkylation sites (tertiary alicyclic amines) is 1. The molecule has 2 atom stereocenters. The molecule has 1 aromatic rings. The van der Waals surface area contributed by atoms with Gasteiger partial charge in [-0.05, 0) is 25.8 Å². The summed E-state index contributed by atoms with van der Waals surface area (Å²) in [5, 5.41) is 0. The molecule has 0 aliphatic carbocycles. The van der Waals surface area contributed by atoms with Crippen molar-refractivity contribution in [3.8, 4) is 5.75 Å². The van der Waals surface area contributed by atoms with Crippen LogP contribution in [-0.4, -0.2) is 30.0 Å². The summed E-state index contributed by atoms with van der Waals surface area (Å²) in [6, 6.07) is 8.09. The number of carbonyl (C=O) groups is 1. The molecule has 0 radical (unpaired) electrons. The number of benzene rings is 1. The first-order valence-electron chi connectivity index (χ1n) is 7.23. The number of nitrogens with two attached hydrogens (primary N) is 1. The fourth-order valence-electron chi connectivity index (χ4n) is 2.81. The number of primary amides is 1. The lowest BCUT2D eigenvalue weighted by atomic mass is 9.98. The quantitative estimate of drug-likeness (QED) is 0.895. The van der Waals surface area contributed by atoms with Gasteiger partial charge in [0.15, 0.2) is 0 Å². The molecule has 0 unspecified atom stereocenters. The Morgan fingerprint density at radius 1 is 1.40 bits per heavy atom. The molecule has 1 saturated heterocycles. The van der Waals surface area contributed by atoms with Gasteiger partial charge in [-0.15, -0.1) is 0 Å². The van der Waals surface area contributed by atoms with Gasteiger partial charge in [-0.25, -0.2) is 0 Å². The van der Waals surface area contributed by atoms with Crippen molar-refractivity contribution in [2.45, 2.75) is 33.4 Å². The second-order valence-corrected chi connectivity index (χ2v) is 5.95. The third-order valence-corrected chi connectivity index (χ3v) is 3.78. The molecule has 2 rings (SSSR count). The van der Waals surface area contributed by atoms with E-state index in [2.05, 4.69) is 17.9 Å². The van der Waals surface area contributed by atoms with E-state index in [1.807, 2.05) is 32.0 Å². The van der Waals surface area contributed by atoms with E-state index in [1.165, 1.54) is 5.56 Å². The van der Waals surface area contributed by atoms with Crippen molar-refractivity contribution in [1.29, 1.82) is 0 Å². The Kier molecular flexibility index (Phi) is 4.65. The summed E-state index contributed by atoms with van der Waals surface area (Å²) >= 11 is 0. The highest BCUT2D eigenvalue weighted by Gasteiger charge is 2.33. The molecule has 2 N–H and O–H groups in total. The van der Waals surface area contributed by atoms with Gasteiger partial charge < -0.3 is 10.5 Å². The molecule has 0 bridgehead atoms. The lowest BCUT2D eigenvalue weighted by Gasteiger charge is -2.19. The average molecular weight is 276 g/mol. The number of para-hydroxylation sites is 1. The molecule has 1 aromatic carbocycles. The molecule has 1 heterocycles. The number of hydrogen-bond donors (Lipinski definition) is 1. The summed E-state index contributed by atoms with van der Waals surface area (Å²) in [5.74, 6) is 1.03. The Morgan fingerprint density at radius 2 is 2.10 bits per heavy atom. The van der Waals surface area contributed by atoms with Gasteiger partial charge in [-0.3, -0.25) is 9.69 Å². The van der Waals surface area contributed by atoms with Gasteiger partial charge in [0, 0.05) is 25.2 Å². The first-order valence-corrected chi connectivity index (χ1v) is 7.23. The molecule has 1 fully saturated rings. The van der Waals surface area contributed by atoms with Crippen molar-refractivity contribution in [3.05, 3.63) is 29.8 Å². The van der Waals surface area contributed by atoms with Crippen LogP contribution in [0.15, 0.2) is 24.3 Å². The van der Waals surface area contributed by atoms with Crippen LogP contribution in [-0.2, 0) is 11.3 Å². The SMILES string of the molecule is CC(C)Oc1ccccc1CN1C[C@@H](C)[C@H](C(N)=O)C1. The summed E-state index contributed by atoms with van der Waals surface area (Å²) in [5.41, 5.74) is 6.61. The van der Waals surface area contributed by atoms with Crippen LogP contribution < -0.4 is 10.5 Å². The van der Waals surface area contributed by atoms with Gasteiger partial charge in [-0.1, -0.05) is 25.1 Å². The van der Waals surface area contributed by atoms with Crippen LogP contribution in [0.2, 0.25) is 0 Å². The average Bonchev–Trinajstić information content (AvgIpc) is 2.72. The summed E-state index contributed by atoms with van der Waals surface area (Å²) in [4.78, 5) is 13.7. The third-order valence-electron chi connectivity index (χ3n) is 3.78. The Bertz CT molecular complexity index is 473. The van der Waals surface area contributed by atoms with Crippen molar-refractivity contribution in [2.24, 2.45) is 17.6 Å². The Labute approximate surface area is 120 Å². The minimum Gasteiger partial charge on any atom is -0.491 e. The predicted octanol–water partition coefficient (Wildman–Crippen LogP) is 2.03. The van der Waals surface area contributed by atoms with Crippen molar-refractivity contribution in [1.82, 2.24) is 4.90 Å². The van der Waals surface area contributed by atoms with Gasteiger partial charge in [0.2, 0.25) is 5.91 Å². The van der Waals surface area contributed by atoms with Crippen LogP contribution in [0.3, 0.4) is 0 Å². The highest BCUT2D eigenvalue weighted by molar-refractivity contribution is 5.77. The summed E-state index contributed by atoms with van der Waals surface area (Å²) in [7, 11) is 0. The molecule has 0 aromatic heterocycles. The van der Waals surface area contributed by atoms with Crippen LogP contribution in [0.1, 0.15) is 26.3 Å². The van der Waals surface area contributed by atoms with Gasteiger partial charge >= 0.3 is 0 Å². The van der Waals surface area contributed by atoms with Gasteiger partial charge in [0.25, 0.3) is 0 Å². The van der Waals surface area contributed by atoms with Gasteiger partial charge in [0.1, 0.15) is 5.75 Å². The maximum absolute atomic E-state index is 11.4. The van der Waals surface area contributed by atoms with E-state index < -0.39 is 0 Å². The smallest absolute Gasteiger partial charge is 0.222 e. The van der Waals surface area contributed by atoms with Crippen molar-refractivity contribution < 1.29 is 9.53 Å². The Hall–Kier alpha value is -1.55. The molecule has 4 heteroatoms. The second kappa shape index (κ2) is 6.27. The van der Waals surface area contributed by atoms with E-state index in [4.69, 9.17) is 10.5 Å². The fourth-order valence-corrected chi connectivity index (χ4v) is 2.81. The number of nitrogens with zero attached hydrogens (tertiary/aromatic N) is 1. The minimum atomic E-state index is -0.188. The zero-order valence-electron chi connectivity index (χ0n) is 12.5. The zero-order valence-corrected chi connectivity index (χ0v) is 12.5. The highest BCUT2D eigenvalue weighted by Crippen LogP contribution is 2.27. The maximum Gasteiger partial charge on any atom is 0.222 e. The normalized spacial score (nSPS) is 23.2. The van der Waals surface area contributed by atoms with Crippen LogP contribution in [0.5, 0.6) is 5.75 Å². The van der Waals surface area contributed by atoms with Crippen LogP contribution in [0.4, 0.5) is 0 Å². The highest BCUT2D eigenvalue weighted by atomic mass is 16.5. The Morgan fingerprint density at radius 3 is 2.70 bits per heavy atom. The molecule has 1 aliphatic rings. The molecule has 20 heavy (non-hydrogen) atoms. The van der Waals surface area contributed by atoms with Crippen LogP contribution in [0, 0.1) is 11.8 Å². The summed E-state index contributed by atoms with van der Waals surface area (Å²) < 4.78 is 5.84. The number of carbonyl (C=O) groups excluding carboxylic acids is 1. The van der Waals surface area contributed by atoms with E-state index in [9.17, 15) is 4.79 Å². The lowest BCUT2D eigenvalue weighted by molar-refractivity contribution is -0.122. The van der Waals surface area contributed by atoms with Crippen LogP contribution >= 0.6 is 0 Å². The lowest BCUT2D eigenvalue weighted by Crippen LogP contribution is -2.29. The molecule has 1 aliphatic heterocycles. The second-order valence-electron chi connectivity index (χ2n) is 5.95. The predicted molar refractivity (Wildman–Crippen MR) is 79.3 cm³/mol. The van der Waals surface area contributed by atoms with Crippen molar-refractivity contribution in [3.63, 3.8) is 0 Å². The summed E-state index contributed by atoms with van der Waals surface area (Å²) in [6.07, 6.45) is 0.159. The molecule has 0 spiro atoms. The molecular formula is C16H24N2O2. The van der Waals surface area contributed by atoms with E-state index >= 15 is 0 Å². The van der Waals surface area contributed by atoms with Gasteiger partial charge in [0.05, 0.1) is 12.0 Å². The Balaban J connectivity index is 2.06. The number of hydrogen-bond acceptors (Lipinski definition) is 3. The minimum absolute atomic E-state index is 0.0341.